The molecule has 4 heterocycles. The Morgan fingerprint density at radius 1 is 1.10 bits per heavy atom. The average Bonchev–Trinajstić information content (AvgIpc) is 3.48. The first-order chi connectivity index (χ1) is 14.2. The highest BCUT2D eigenvalue weighted by Crippen LogP contribution is 2.28. The van der Waals surface area contributed by atoms with E-state index in [0.29, 0.717) is 5.95 Å². The van der Waals surface area contributed by atoms with Crippen LogP contribution in [0, 0.1) is 6.92 Å². The number of fused-ring (bicyclic) bond motifs is 1. The molecule has 0 unspecified atom stereocenters. The number of methoxy groups -OCH3 is 1. The van der Waals surface area contributed by atoms with E-state index in [-0.39, 0.29) is 0 Å². The van der Waals surface area contributed by atoms with Gasteiger partial charge in [0.1, 0.15) is 11.6 Å². The topological polar surface area (TPSA) is 72.5 Å². The van der Waals surface area contributed by atoms with Crippen molar-refractivity contribution >= 4 is 23.1 Å². The van der Waals surface area contributed by atoms with Crippen LogP contribution in [0.3, 0.4) is 0 Å². The van der Waals surface area contributed by atoms with Gasteiger partial charge >= 0.3 is 0 Å². The van der Waals surface area contributed by atoms with Crippen molar-refractivity contribution < 1.29 is 4.74 Å². The fourth-order valence-electron chi connectivity index (χ4n) is 3.78. The second kappa shape index (κ2) is 7.12. The molecule has 148 valence electrons. The van der Waals surface area contributed by atoms with Gasteiger partial charge in [-0.3, -0.25) is 0 Å². The van der Waals surface area contributed by atoms with Gasteiger partial charge in [-0.2, -0.15) is 9.50 Å². The van der Waals surface area contributed by atoms with E-state index >= 15 is 0 Å². The molecule has 1 saturated heterocycles. The van der Waals surface area contributed by atoms with E-state index in [1.807, 2.05) is 52.5 Å². The first kappa shape index (κ1) is 17.5. The van der Waals surface area contributed by atoms with Crippen LogP contribution in [0.2, 0.25) is 0 Å². The minimum Gasteiger partial charge on any atom is -0.494 e. The standard InChI is InChI=1S/C21H23N7O/c1-15-13-27(14-22-15)17-9-8-16(12-18(17)29-2)23-21-24-19-6-5-7-20(28(19)25-21)26-10-3-4-11-26/h5-9,12-14H,3-4,10-11H2,1-2H3,(H,23,25). The summed E-state index contributed by atoms with van der Waals surface area (Å²) in [7, 11) is 1.66. The number of nitrogens with zero attached hydrogens (tertiary/aromatic N) is 6. The van der Waals surface area contributed by atoms with Crippen LogP contribution in [0.25, 0.3) is 11.3 Å². The number of ether oxygens (including phenoxy) is 1. The predicted octanol–water partition coefficient (Wildman–Crippen LogP) is 3.58. The highest BCUT2D eigenvalue weighted by atomic mass is 16.5. The Bertz CT molecular complexity index is 1160. The lowest BCUT2D eigenvalue weighted by molar-refractivity contribution is 0.413. The van der Waals surface area contributed by atoms with E-state index < -0.39 is 0 Å². The Morgan fingerprint density at radius 2 is 1.97 bits per heavy atom. The zero-order valence-electron chi connectivity index (χ0n) is 16.5. The number of pyridine rings is 1. The van der Waals surface area contributed by atoms with Gasteiger partial charge in [-0.1, -0.05) is 6.07 Å². The largest absolute Gasteiger partial charge is 0.494 e. The number of nitrogens with one attached hydrogen (secondary N) is 1. The van der Waals surface area contributed by atoms with Gasteiger partial charge in [-0.15, -0.1) is 5.10 Å². The van der Waals surface area contributed by atoms with Gasteiger partial charge in [0.15, 0.2) is 5.65 Å². The Balaban J connectivity index is 1.45. The van der Waals surface area contributed by atoms with Gasteiger partial charge in [0.25, 0.3) is 0 Å². The predicted molar refractivity (Wildman–Crippen MR) is 113 cm³/mol. The molecule has 0 bridgehead atoms. The minimum absolute atomic E-state index is 0.560. The number of aryl methyl sites for hydroxylation is 1. The number of rotatable bonds is 5. The maximum Gasteiger partial charge on any atom is 0.247 e. The number of anilines is 3. The van der Waals surface area contributed by atoms with Crippen LogP contribution < -0.4 is 15.0 Å². The molecule has 5 rings (SSSR count). The van der Waals surface area contributed by atoms with E-state index in [1.165, 1.54) is 12.8 Å². The molecule has 0 atom stereocenters. The van der Waals surface area contributed by atoms with Gasteiger partial charge in [0.05, 0.1) is 24.8 Å². The maximum absolute atomic E-state index is 5.59. The highest BCUT2D eigenvalue weighted by molar-refractivity contribution is 5.63. The summed E-state index contributed by atoms with van der Waals surface area (Å²) < 4.78 is 9.45. The van der Waals surface area contributed by atoms with E-state index in [2.05, 4.69) is 31.3 Å². The van der Waals surface area contributed by atoms with Crippen molar-refractivity contribution in [2.24, 2.45) is 0 Å². The lowest BCUT2D eigenvalue weighted by Gasteiger charge is -2.17. The molecule has 8 heteroatoms. The van der Waals surface area contributed by atoms with Gasteiger partial charge in [-0.05, 0) is 44.0 Å². The molecular weight excluding hydrogens is 366 g/mol. The molecule has 0 radical (unpaired) electrons. The summed E-state index contributed by atoms with van der Waals surface area (Å²) in [6.07, 6.45) is 6.19. The maximum atomic E-state index is 5.59. The number of hydrogen-bond acceptors (Lipinski definition) is 6. The molecule has 1 aromatic carbocycles. The van der Waals surface area contributed by atoms with Crippen LogP contribution in [0.5, 0.6) is 5.75 Å². The molecule has 3 aromatic heterocycles. The molecule has 0 spiro atoms. The van der Waals surface area contributed by atoms with Gasteiger partial charge < -0.3 is 19.5 Å². The highest BCUT2D eigenvalue weighted by Gasteiger charge is 2.17. The zero-order chi connectivity index (χ0) is 19.8. The lowest BCUT2D eigenvalue weighted by atomic mass is 10.2. The SMILES string of the molecule is COc1cc(Nc2nc3cccc(N4CCCC4)n3n2)ccc1-n1cnc(C)c1. The fraction of sp³-hybridized carbons (Fsp3) is 0.286. The Morgan fingerprint density at radius 3 is 2.72 bits per heavy atom. The molecule has 0 amide bonds. The molecule has 1 aliphatic heterocycles. The molecule has 8 nitrogen and oxygen atoms in total. The first-order valence-corrected chi connectivity index (χ1v) is 9.78. The summed E-state index contributed by atoms with van der Waals surface area (Å²) in [5.41, 5.74) is 3.57. The Kier molecular flexibility index (Phi) is 4.31. The van der Waals surface area contributed by atoms with Crippen molar-refractivity contribution in [3.8, 4) is 11.4 Å². The summed E-state index contributed by atoms with van der Waals surface area (Å²) >= 11 is 0. The summed E-state index contributed by atoms with van der Waals surface area (Å²) in [6, 6.07) is 12.0. The molecular formula is C21H23N7O. The van der Waals surface area contributed by atoms with Crippen molar-refractivity contribution in [1.82, 2.24) is 24.1 Å². The molecule has 0 aliphatic carbocycles. The van der Waals surface area contributed by atoms with Gasteiger partial charge in [0, 0.05) is 31.0 Å². The van der Waals surface area contributed by atoms with Crippen molar-refractivity contribution in [1.29, 1.82) is 0 Å². The number of aromatic nitrogens is 5. The zero-order valence-corrected chi connectivity index (χ0v) is 16.5. The van der Waals surface area contributed by atoms with Crippen LogP contribution in [0.1, 0.15) is 18.5 Å². The van der Waals surface area contributed by atoms with E-state index in [0.717, 1.165) is 47.4 Å². The summed E-state index contributed by atoms with van der Waals surface area (Å²) in [4.78, 5) is 11.3. The van der Waals surface area contributed by atoms with Crippen molar-refractivity contribution in [3.63, 3.8) is 0 Å². The monoisotopic (exact) mass is 389 g/mol. The molecule has 1 fully saturated rings. The molecule has 1 aliphatic rings. The van der Waals surface area contributed by atoms with E-state index in [9.17, 15) is 0 Å². The van der Waals surface area contributed by atoms with Crippen LogP contribution in [0.15, 0.2) is 48.9 Å². The molecule has 1 N–H and O–H groups in total. The van der Waals surface area contributed by atoms with Crippen molar-refractivity contribution in [2.45, 2.75) is 19.8 Å². The minimum atomic E-state index is 0.560. The Hall–Kier alpha value is -3.55. The third kappa shape index (κ3) is 3.26. The van der Waals surface area contributed by atoms with Crippen LogP contribution in [0.4, 0.5) is 17.5 Å². The number of imidazole rings is 1. The summed E-state index contributed by atoms with van der Waals surface area (Å²) in [6.45, 7) is 4.09. The molecule has 29 heavy (non-hydrogen) atoms. The van der Waals surface area contributed by atoms with Crippen molar-refractivity contribution in [3.05, 3.63) is 54.6 Å². The average molecular weight is 389 g/mol. The summed E-state index contributed by atoms with van der Waals surface area (Å²) in [5, 5.41) is 7.99. The molecule has 0 saturated carbocycles. The van der Waals surface area contributed by atoms with E-state index in [4.69, 9.17) is 4.74 Å². The van der Waals surface area contributed by atoms with Gasteiger partial charge in [0.2, 0.25) is 5.95 Å². The lowest BCUT2D eigenvalue weighted by Crippen LogP contribution is -2.20. The van der Waals surface area contributed by atoms with Crippen LogP contribution in [-0.2, 0) is 0 Å². The smallest absolute Gasteiger partial charge is 0.247 e. The fourth-order valence-corrected chi connectivity index (χ4v) is 3.78. The van der Waals surface area contributed by atoms with E-state index in [1.54, 1.807) is 13.4 Å². The quantitative estimate of drug-likeness (QED) is 0.563. The third-order valence-electron chi connectivity index (χ3n) is 5.20. The third-order valence-corrected chi connectivity index (χ3v) is 5.20. The summed E-state index contributed by atoms with van der Waals surface area (Å²) in [5.74, 6) is 2.39. The second-order valence-corrected chi connectivity index (χ2v) is 7.22. The Labute approximate surface area is 168 Å². The second-order valence-electron chi connectivity index (χ2n) is 7.22. The molecule has 4 aromatic rings. The normalized spacial score (nSPS) is 13.9. The number of benzene rings is 1. The van der Waals surface area contributed by atoms with Crippen molar-refractivity contribution in [2.75, 3.05) is 30.4 Å². The first-order valence-electron chi connectivity index (χ1n) is 9.78. The van der Waals surface area contributed by atoms with Crippen LogP contribution in [-0.4, -0.2) is 44.3 Å². The van der Waals surface area contributed by atoms with Gasteiger partial charge in [-0.25, -0.2) is 4.98 Å². The number of hydrogen-bond donors (Lipinski definition) is 1. The van der Waals surface area contributed by atoms with Crippen LogP contribution >= 0.6 is 0 Å².